The number of aryl methyl sites for hydroxylation is 2. The number of hydrogen-bond donors (Lipinski definition) is 1. The average molecular weight is 204 g/mol. The van der Waals surface area contributed by atoms with Gasteiger partial charge in [-0.25, -0.2) is 0 Å². The van der Waals surface area contributed by atoms with Gasteiger partial charge in [-0.1, -0.05) is 0 Å². The minimum absolute atomic E-state index is 0.806. The van der Waals surface area contributed by atoms with Crippen molar-refractivity contribution in [1.29, 1.82) is 0 Å². The van der Waals surface area contributed by atoms with Gasteiger partial charge in [0.1, 0.15) is 0 Å². The molecule has 0 saturated heterocycles. The van der Waals surface area contributed by atoms with Crippen LogP contribution in [-0.2, 0) is 13.6 Å². The fraction of sp³-hybridized carbons (Fsp3) is 0.364. The largest absolute Gasteiger partial charge is 0.322 e. The van der Waals surface area contributed by atoms with Gasteiger partial charge in [-0.3, -0.25) is 9.36 Å². The van der Waals surface area contributed by atoms with Crippen LogP contribution in [0.25, 0.3) is 0 Å². The van der Waals surface area contributed by atoms with Gasteiger partial charge in [-0.2, -0.15) is 5.10 Å². The van der Waals surface area contributed by atoms with Crippen LogP contribution in [0.3, 0.4) is 0 Å². The zero-order chi connectivity index (χ0) is 10.8. The molecule has 0 aliphatic carbocycles. The van der Waals surface area contributed by atoms with Crippen LogP contribution >= 0.6 is 0 Å². The number of rotatable bonds is 3. The van der Waals surface area contributed by atoms with Crippen LogP contribution in [0.2, 0.25) is 0 Å². The third-order valence-corrected chi connectivity index (χ3v) is 2.70. The van der Waals surface area contributed by atoms with Gasteiger partial charge in [0.25, 0.3) is 0 Å². The van der Waals surface area contributed by atoms with Crippen molar-refractivity contribution in [2.75, 3.05) is 5.43 Å². The smallest absolute Gasteiger partial charge is 0.0646 e. The maximum atomic E-state index is 4.38. The Morgan fingerprint density at radius 3 is 2.47 bits per heavy atom. The average Bonchev–Trinajstić information content (AvgIpc) is 2.76. The van der Waals surface area contributed by atoms with Gasteiger partial charge in [0, 0.05) is 30.7 Å². The summed E-state index contributed by atoms with van der Waals surface area (Å²) in [5, 5.41) is 4.38. The number of hydrogen-bond acceptors (Lipinski definition) is 2. The van der Waals surface area contributed by atoms with E-state index in [1.54, 1.807) is 0 Å². The van der Waals surface area contributed by atoms with Crippen molar-refractivity contribution < 1.29 is 0 Å². The molecule has 0 bridgehead atoms. The van der Waals surface area contributed by atoms with Crippen LogP contribution < -0.4 is 5.43 Å². The van der Waals surface area contributed by atoms with E-state index in [1.165, 1.54) is 11.3 Å². The van der Waals surface area contributed by atoms with Gasteiger partial charge in [0.2, 0.25) is 0 Å². The zero-order valence-corrected chi connectivity index (χ0v) is 9.36. The molecule has 0 aromatic carbocycles. The Balaban J connectivity index is 2.11. The Kier molecular flexibility index (Phi) is 2.49. The Labute approximate surface area is 89.5 Å². The molecule has 0 unspecified atom stereocenters. The van der Waals surface area contributed by atoms with E-state index < -0.39 is 0 Å². The van der Waals surface area contributed by atoms with Crippen LogP contribution in [0.5, 0.6) is 0 Å². The second-order valence-corrected chi connectivity index (χ2v) is 3.70. The normalized spacial score (nSPS) is 10.6. The number of nitrogens with one attached hydrogen (secondary N) is 1. The standard InChI is InChI=1S/C11H16N4/c1-9-11(10(2)14(3)13-9)8-12-15-6-4-5-7-15/h4-7,12H,8H2,1-3H3. The molecule has 0 radical (unpaired) electrons. The lowest BCUT2D eigenvalue weighted by Crippen LogP contribution is -2.12. The van der Waals surface area contributed by atoms with Gasteiger partial charge in [-0.05, 0) is 26.0 Å². The van der Waals surface area contributed by atoms with Crippen LogP contribution in [0.4, 0.5) is 0 Å². The lowest BCUT2D eigenvalue weighted by molar-refractivity contribution is 0.729. The van der Waals surface area contributed by atoms with Crippen molar-refractivity contribution in [2.45, 2.75) is 20.4 Å². The highest BCUT2D eigenvalue weighted by atomic mass is 15.4. The summed E-state index contributed by atoms with van der Waals surface area (Å²) in [5.41, 5.74) is 6.88. The molecule has 0 spiro atoms. The first-order chi connectivity index (χ1) is 7.18. The monoisotopic (exact) mass is 204 g/mol. The minimum Gasteiger partial charge on any atom is -0.322 e. The van der Waals surface area contributed by atoms with E-state index >= 15 is 0 Å². The molecule has 0 aliphatic rings. The molecular formula is C11H16N4. The second kappa shape index (κ2) is 3.81. The zero-order valence-electron chi connectivity index (χ0n) is 9.36. The first-order valence-electron chi connectivity index (χ1n) is 5.04. The molecule has 15 heavy (non-hydrogen) atoms. The number of aromatic nitrogens is 3. The van der Waals surface area contributed by atoms with Crippen LogP contribution in [0, 0.1) is 13.8 Å². The van der Waals surface area contributed by atoms with Crippen molar-refractivity contribution in [3.05, 3.63) is 41.5 Å². The molecule has 0 aliphatic heterocycles. The highest BCUT2D eigenvalue weighted by molar-refractivity contribution is 5.25. The Bertz CT molecular complexity index is 439. The topological polar surface area (TPSA) is 34.8 Å². The predicted molar refractivity (Wildman–Crippen MR) is 60.2 cm³/mol. The quantitative estimate of drug-likeness (QED) is 0.823. The Morgan fingerprint density at radius 2 is 1.93 bits per heavy atom. The molecular weight excluding hydrogens is 188 g/mol. The summed E-state index contributed by atoms with van der Waals surface area (Å²) in [7, 11) is 1.97. The van der Waals surface area contributed by atoms with Crippen molar-refractivity contribution in [1.82, 2.24) is 14.5 Å². The summed E-state index contributed by atoms with van der Waals surface area (Å²) in [4.78, 5) is 0. The van der Waals surface area contributed by atoms with Gasteiger partial charge in [0.15, 0.2) is 0 Å². The fourth-order valence-electron chi connectivity index (χ4n) is 1.68. The van der Waals surface area contributed by atoms with Crippen molar-refractivity contribution >= 4 is 0 Å². The van der Waals surface area contributed by atoms with Gasteiger partial charge in [-0.15, -0.1) is 0 Å². The van der Waals surface area contributed by atoms with Crippen LogP contribution in [-0.4, -0.2) is 14.5 Å². The third-order valence-electron chi connectivity index (χ3n) is 2.70. The lowest BCUT2D eigenvalue weighted by atomic mass is 10.2. The van der Waals surface area contributed by atoms with E-state index in [9.17, 15) is 0 Å². The Morgan fingerprint density at radius 1 is 1.27 bits per heavy atom. The summed E-state index contributed by atoms with van der Waals surface area (Å²) in [6.45, 7) is 4.94. The van der Waals surface area contributed by atoms with E-state index in [4.69, 9.17) is 0 Å². The fourth-order valence-corrected chi connectivity index (χ4v) is 1.68. The third kappa shape index (κ3) is 1.88. The molecule has 2 aromatic rings. The van der Waals surface area contributed by atoms with Gasteiger partial charge < -0.3 is 5.43 Å². The van der Waals surface area contributed by atoms with Crippen molar-refractivity contribution in [3.8, 4) is 0 Å². The maximum Gasteiger partial charge on any atom is 0.0646 e. The molecule has 0 amide bonds. The van der Waals surface area contributed by atoms with E-state index in [0.717, 1.165) is 12.2 Å². The molecule has 2 aromatic heterocycles. The van der Waals surface area contributed by atoms with Crippen molar-refractivity contribution in [3.63, 3.8) is 0 Å². The van der Waals surface area contributed by atoms with Crippen LogP contribution in [0.15, 0.2) is 24.5 Å². The number of nitrogens with zero attached hydrogens (tertiary/aromatic N) is 3. The highest BCUT2D eigenvalue weighted by Crippen LogP contribution is 2.11. The summed E-state index contributed by atoms with van der Waals surface area (Å²) < 4.78 is 3.87. The van der Waals surface area contributed by atoms with E-state index in [2.05, 4.69) is 17.4 Å². The minimum atomic E-state index is 0.806. The molecule has 2 rings (SSSR count). The van der Waals surface area contributed by atoms with E-state index in [-0.39, 0.29) is 0 Å². The maximum absolute atomic E-state index is 4.38. The van der Waals surface area contributed by atoms with Gasteiger partial charge >= 0.3 is 0 Å². The van der Waals surface area contributed by atoms with Gasteiger partial charge in [0.05, 0.1) is 12.2 Å². The highest BCUT2D eigenvalue weighted by Gasteiger charge is 2.08. The molecule has 2 heterocycles. The molecule has 4 nitrogen and oxygen atoms in total. The second-order valence-electron chi connectivity index (χ2n) is 3.70. The SMILES string of the molecule is Cc1nn(C)c(C)c1CNn1cccc1. The van der Waals surface area contributed by atoms with Crippen molar-refractivity contribution in [2.24, 2.45) is 7.05 Å². The first kappa shape index (κ1) is 9.83. The summed E-state index contributed by atoms with van der Waals surface area (Å²) in [6.07, 6.45) is 3.97. The molecule has 0 atom stereocenters. The summed E-state index contributed by atoms with van der Waals surface area (Å²) in [5.74, 6) is 0. The van der Waals surface area contributed by atoms with Crippen LogP contribution in [0.1, 0.15) is 17.0 Å². The van der Waals surface area contributed by atoms with E-state index in [0.29, 0.717) is 0 Å². The molecule has 80 valence electrons. The molecule has 1 N–H and O–H groups in total. The first-order valence-corrected chi connectivity index (χ1v) is 5.04. The predicted octanol–water partition coefficient (Wildman–Crippen LogP) is 1.58. The summed E-state index contributed by atoms with van der Waals surface area (Å²) in [6, 6.07) is 3.99. The van der Waals surface area contributed by atoms with E-state index in [1.807, 2.05) is 47.9 Å². The summed E-state index contributed by atoms with van der Waals surface area (Å²) >= 11 is 0. The lowest BCUT2D eigenvalue weighted by Gasteiger charge is -2.07. The molecule has 4 heteroatoms. The molecule has 0 fully saturated rings. The molecule has 0 saturated carbocycles. The Hall–Kier alpha value is -1.71.